The molecule has 0 aliphatic carbocycles. The normalized spacial score (nSPS) is 14.8. The molecule has 3 rings (SSSR count). The molecule has 9 nitrogen and oxygen atoms in total. The van der Waals surface area contributed by atoms with Crippen LogP contribution in [-0.4, -0.2) is 78.5 Å². The van der Waals surface area contributed by atoms with Gasteiger partial charge in [-0.25, -0.2) is 22.3 Å². The van der Waals surface area contributed by atoms with Gasteiger partial charge < -0.3 is 20.1 Å². The molecule has 1 aliphatic heterocycles. The van der Waals surface area contributed by atoms with E-state index in [1.165, 1.54) is 5.56 Å². The molecule has 1 saturated heterocycles. The van der Waals surface area contributed by atoms with Crippen molar-refractivity contribution in [2.75, 3.05) is 33.7 Å². The van der Waals surface area contributed by atoms with Gasteiger partial charge in [-0.15, -0.1) is 0 Å². The van der Waals surface area contributed by atoms with E-state index in [2.05, 4.69) is 24.0 Å². The van der Waals surface area contributed by atoms with Crippen molar-refractivity contribution in [3.05, 3.63) is 47.7 Å². The van der Waals surface area contributed by atoms with Gasteiger partial charge in [0.1, 0.15) is 0 Å². The molecular formula is C21H29N3O6S. The number of hydrogen-bond acceptors (Lipinski definition) is 5. The van der Waals surface area contributed by atoms with Gasteiger partial charge in [-0.1, -0.05) is 6.07 Å². The standard InChI is InChI=1S/C17H25N3O2S.C4H4O4/c1-19(2)10-7-15-12-18-17-6-5-14(11-16(15)17)13-23(21,22)20-8-3-4-9-20;5-3(6)1-2-4(7)8/h5-6,11-12,18H,3-4,7-10,13H2,1-2H3;1-2H,(H,5,6)(H,7,8)/b;2-1+. The summed E-state index contributed by atoms with van der Waals surface area (Å²) in [7, 11) is 0.928. The predicted octanol–water partition coefficient (Wildman–Crippen LogP) is 1.91. The zero-order chi connectivity index (χ0) is 23.0. The number of nitrogens with one attached hydrogen (secondary N) is 1. The fourth-order valence-electron chi connectivity index (χ4n) is 3.28. The topological polar surface area (TPSA) is 131 Å². The van der Waals surface area contributed by atoms with E-state index in [1.54, 1.807) is 4.31 Å². The Morgan fingerprint density at radius 2 is 1.74 bits per heavy atom. The molecule has 0 bridgehead atoms. The molecule has 0 atom stereocenters. The van der Waals surface area contributed by atoms with Crippen molar-refractivity contribution in [2.45, 2.75) is 25.0 Å². The van der Waals surface area contributed by atoms with Gasteiger partial charge in [-0.05, 0) is 56.6 Å². The van der Waals surface area contributed by atoms with Crippen LogP contribution < -0.4 is 0 Å². The number of carboxylic acids is 2. The van der Waals surface area contributed by atoms with Crippen molar-refractivity contribution in [3.8, 4) is 0 Å². The Kier molecular flexibility index (Phi) is 8.78. The maximum absolute atomic E-state index is 12.5. The SMILES string of the molecule is CN(C)CCc1c[nH]c2ccc(CS(=O)(=O)N3CCCC3)cc12.O=C(O)/C=C/C(=O)O. The predicted molar refractivity (Wildman–Crippen MR) is 118 cm³/mol. The molecule has 1 aromatic carbocycles. The number of H-pyrrole nitrogens is 1. The third-order valence-corrected chi connectivity index (χ3v) is 6.69. The minimum atomic E-state index is -3.19. The first-order valence-electron chi connectivity index (χ1n) is 9.94. The fraction of sp³-hybridized carbons (Fsp3) is 0.429. The summed E-state index contributed by atoms with van der Waals surface area (Å²) in [4.78, 5) is 24.5. The van der Waals surface area contributed by atoms with Gasteiger partial charge in [0.05, 0.1) is 5.75 Å². The summed E-state index contributed by atoms with van der Waals surface area (Å²) in [5, 5.41) is 16.8. The van der Waals surface area contributed by atoms with E-state index in [9.17, 15) is 18.0 Å². The Labute approximate surface area is 182 Å². The Balaban J connectivity index is 0.000000366. The third kappa shape index (κ3) is 7.82. The summed E-state index contributed by atoms with van der Waals surface area (Å²) in [5.74, 6) is -2.42. The van der Waals surface area contributed by atoms with Crippen molar-refractivity contribution in [3.63, 3.8) is 0 Å². The van der Waals surface area contributed by atoms with Gasteiger partial charge in [0.2, 0.25) is 10.0 Å². The van der Waals surface area contributed by atoms with E-state index >= 15 is 0 Å². The maximum atomic E-state index is 12.5. The van der Waals surface area contributed by atoms with E-state index < -0.39 is 22.0 Å². The van der Waals surface area contributed by atoms with Gasteiger partial charge in [0.15, 0.2) is 0 Å². The Bertz CT molecular complexity index is 1020. The highest BCUT2D eigenvalue weighted by Crippen LogP contribution is 2.23. The summed E-state index contributed by atoms with van der Waals surface area (Å²) in [6, 6.07) is 5.94. The van der Waals surface area contributed by atoms with Crippen LogP contribution in [0.2, 0.25) is 0 Å². The highest BCUT2D eigenvalue weighted by atomic mass is 32.2. The molecule has 1 aliphatic rings. The van der Waals surface area contributed by atoms with E-state index in [1.807, 2.05) is 24.4 Å². The number of hydrogen-bond donors (Lipinski definition) is 3. The lowest BCUT2D eigenvalue weighted by Crippen LogP contribution is -2.29. The minimum Gasteiger partial charge on any atom is -0.478 e. The number of carbonyl (C=O) groups is 2. The van der Waals surface area contributed by atoms with Crippen LogP contribution in [0.4, 0.5) is 0 Å². The Morgan fingerprint density at radius 1 is 1.13 bits per heavy atom. The zero-order valence-electron chi connectivity index (χ0n) is 17.7. The Morgan fingerprint density at radius 3 is 2.29 bits per heavy atom. The summed E-state index contributed by atoms with van der Waals surface area (Å²) < 4.78 is 26.6. The lowest BCUT2D eigenvalue weighted by Gasteiger charge is -2.15. The van der Waals surface area contributed by atoms with E-state index in [0.717, 1.165) is 42.3 Å². The highest BCUT2D eigenvalue weighted by molar-refractivity contribution is 7.88. The van der Waals surface area contributed by atoms with Gasteiger partial charge in [0.25, 0.3) is 0 Å². The second-order valence-electron chi connectivity index (χ2n) is 7.62. The monoisotopic (exact) mass is 451 g/mol. The summed E-state index contributed by atoms with van der Waals surface area (Å²) in [6.45, 7) is 2.31. The lowest BCUT2D eigenvalue weighted by molar-refractivity contribution is -0.134. The number of aromatic nitrogens is 1. The molecule has 31 heavy (non-hydrogen) atoms. The first-order valence-corrected chi connectivity index (χ1v) is 11.5. The molecule has 1 fully saturated rings. The molecule has 0 amide bonds. The number of likely N-dealkylation sites (N-methyl/N-ethyl adjacent to an activating group) is 1. The molecule has 0 unspecified atom stereocenters. The second-order valence-corrected chi connectivity index (χ2v) is 9.59. The molecule has 170 valence electrons. The number of aliphatic carboxylic acids is 2. The van der Waals surface area contributed by atoms with E-state index in [4.69, 9.17) is 10.2 Å². The van der Waals surface area contributed by atoms with Crippen molar-refractivity contribution < 1.29 is 28.2 Å². The van der Waals surface area contributed by atoms with Crippen LogP contribution in [0.1, 0.15) is 24.0 Å². The molecule has 2 heterocycles. The number of aromatic amines is 1. The van der Waals surface area contributed by atoms with Crippen molar-refractivity contribution in [1.82, 2.24) is 14.2 Å². The number of nitrogens with zero attached hydrogens (tertiary/aromatic N) is 2. The molecule has 0 spiro atoms. The van der Waals surface area contributed by atoms with E-state index in [0.29, 0.717) is 25.2 Å². The number of sulfonamides is 1. The summed E-state index contributed by atoms with van der Waals surface area (Å²) >= 11 is 0. The first kappa shape index (κ1) is 24.6. The van der Waals surface area contributed by atoms with Crippen molar-refractivity contribution >= 4 is 32.9 Å². The number of benzene rings is 1. The van der Waals surface area contributed by atoms with Crippen LogP contribution in [0.25, 0.3) is 10.9 Å². The zero-order valence-corrected chi connectivity index (χ0v) is 18.6. The molecule has 3 N–H and O–H groups in total. The van der Waals surface area contributed by atoms with Crippen LogP contribution in [0.15, 0.2) is 36.5 Å². The molecule has 0 saturated carbocycles. The average molecular weight is 452 g/mol. The van der Waals surface area contributed by atoms with Crippen LogP contribution in [0.3, 0.4) is 0 Å². The van der Waals surface area contributed by atoms with Gasteiger partial charge in [0, 0.05) is 48.9 Å². The van der Waals surface area contributed by atoms with Crippen molar-refractivity contribution in [1.29, 1.82) is 0 Å². The second kappa shape index (κ2) is 11.1. The van der Waals surface area contributed by atoms with Gasteiger partial charge >= 0.3 is 11.9 Å². The van der Waals surface area contributed by atoms with Crippen LogP contribution in [0.5, 0.6) is 0 Å². The van der Waals surface area contributed by atoms with Gasteiger partial charge in [-0.3, -0.25) is 0 Å². The van der Waals surface area contributed by atoms with Crippen molar-refractivity contribution in [2.24, 2.45) is 0 Å². The van der Waals surface area contributed by atoms with Gasteiger partial charge in [-0.2, -0.15) is 0 Å². The first-order chi connectivity index (χ1) is 14.6. The Hall–Kier alpha value is -2.69. The molecular weight excluding hydrogens is 422 g/mol. The largest absolute Gasteiger partial charge is 0.478 e. The summed E-state index contributed by atoms with van der Waals surface area (Å²) in [6.07, 6.45) is 6.06. The number of fused-ring (bicyclic) bond motifs is 1. The smallest absolute Gasteiger partial charge is 0.328 e. The molecule has 0 radical (unpaired) electrons. The van der Waals surface area contributed by atoms with Crippen LogP contribution in [0, 0.1) is 0 Å². The highest BCUT2D eigenvalue weighted by Gasteiger charge is 2.25. The lowest BCUT2D eigenvalue weighted by atomic mass is 10.1. The van der Waals surface area contributed by atoms with Crippen LogP contribution >= 0.6 is 0 Å². The van der Waals surface area contributed by atoms with Crippen LogP contribution in [-0.2, 0) is 31.8 Å². The maximum Gasteiger partial charge on any atom is 0.328 e. The number of carboxylic acid groups (broad SMARTS) is 2. The third-order valence-electron chi connectivity index (χ3n) is 4.84. The number of rotatable bonds is 8. The summed E-state index contributed by atoms with van der Waals surface area (Å²) in [5.41, 5.74) is 3.19. The fourth-order valence-corrected chi connectivity index (χ4v) is 4.87. The molecule has 1 aromatic heterocycles. The average Bonchev–Trinajstić information content (AvgIpc) is 3.35. The minimum absolute atomic E-state index is 0.0985. The quantitative estimate of drug-likeness (QED) is 0.523. The molecule has 10 heteroatoms. The molecule has 2 aromatic rings. The van der Waals surface area contributed by atoms with E-state index in [-0.39, 0.29) is 5.75 Å².